The Labute approximate surface area is 64.2 Å². The van der Waals surface area contributed by atoms with E-state index in [9.17, 15) is 9.59 Å². The number of ether oxygens (including phenoxy) is 1. The number of hydrogen-bond donors (Lipinski definition) is 1. The van der Waals surface area contributed by atoms with Crippen molar-refractivity contribution in [3.8, 4) is 0 Å². The first-order valence-corrected chi connectivity index (χ1v) is 3.46. The van der Waals surface area contributed by atoms with E-state index in [0.29, 0.717) is 13.0 Å². The fourth-order valence-electron chi connectivity index (χ4n) is 0.908. The average Bonchev–Trinajstić information content (AvgIpc) is 2.63. The first kappa shape index (κ1) is 8.20. The van der Waals surface area contributed by atoms with Gasteiger partial charge in [-0.15, -0.1) is 0 Å². The van der Waals surface area contributed by atoms with Crippen molar-refractivity contribution in [2.45, 2.75) is 19.4 Å². The van der Waals surface area contributed by atoms with Crippen molar-refractivity contribution in [1.29, 1.82) is 0 Å². The van der Waals surface area contributed by atoms with Crippen molar-refractivity contribution in [3.05, 3.63) is 0 Å². The average molecular weight is 158 g/mol. The van der Waals surface area contributed by atoms with E-state index in [-0.39, 0.29) is 11.9 Å². The number of carbonyl (C=O) groups excluding carboxylic acids is 1. The fraction of sp³-hybridized carbons (Fsp3) is 0.714. The summed E-state index contributed by atoms with van der Waals surface area (Å²) in [5, 5.41) is 8.54. The van der Waals surface area contributed by atoms with E-state index in [1.165, 1.54) is 6.92 Å². The Morgan fingerprint density at radius 2 is 2.27 bits per heavy atom. The molecule has 62 valence electrons. The van der Waals surface area contributed by atoms with Crippen LogP contribution in [-0.4, -0.2) is 29.6 Å². The molecule has 4 heteroatoms. The van der Waals surface area contributed by atoms with Gasteiger partial charge in [-0.1, -0.05) is 0 Å². The summed E-state index contributed by atoms with van der Waals surface area (Å²) >= 11 is 0. The molecule has 0 radical (unpaired) electrons. The number of carboxylic acids is 1. The Kier molecular flexibility index (Phi) is 2.24. The van der Waals surface area contributed by atoms with Gasteiger partial charge in [0.25, 0.3) is 0 Å². The second-order valence-corrected chi connectivity index (χ2v) is 2.69. The van der Waals surface area contributed by atoms with E-state index in [0.717, 1.165) is 0 Å². The molecule has 1 aliphatic heterocycles. The van der Waals surface area contributed by atoms with Crippen LogP contribution in [0, 0.1) is 5.92 Å². The minimum absolute atomic E-state index is 0.000000000000000444. The molecular weight excluding hydrogens is 148 g/mol. The third kappa shape index (κ3) is 2.31. The second-order valence-electron chi connectivity index (χ2n) is 2.69. The van der Waals surface area contributed by atoms with Gasteiger partial charge in [0.2, 0.25) is 0 Å². The summed E-state index contributed by atoms with van der Waals surface area (Å²) in [6.07, 6.45) is 0.324. The van der Waals surface area contributed by atoms with Crippen molar-refractivity contribution in [3.63, 3.8) is 0 Å². The Morgan fingerprint density at radius 1 is 1.73 bits per heavy atom. The summed E-state index contributed by atoms with van der Waals surface area (Å²) < 4.78 is 4.82. The third-order valence-electron chi connectivity index (χ3n) is 1.69. The van der Waals surface area contributed by atoms with Crippen LogP contribution in [0.4, 0.5) is 0 Å². The van der Waals surface area contributed by atoms with Gasteiger partial charge in [-0.3, -0.25) is 9.59 Å². The molecule has 1 aliphatic rings. The lowest BCUT2D eigenvalue weighted by molar-refractivity contribution is -0.146. The molecule has 0 aromatic heterocycles. The number of carboxylic acid groups (broad SMARTS) is 1. The third-order valence-corrected chi connectivity index (χ3v) is 1.69. The summed E-state index contributed by atoms with van der Waals surface area (Å²) in [6, 6.07) is 0. The van der Waals surface area contributed by atoms with Crippen LogP contribution in [0.1, 0.15) is 13.3 Å². The van der Waals surface area contributed by atoms with Crippen molar-refractivity contribution >= 4 is 11.8 Å². The molecule has 1 saturated heterocycles. The molecule has 4 nitrogen and oxygen atoms in total. The molecular formula is C7H10O4. The van der Waals surface area contributed by atoms with Gasteiger partial charge in [-0.05, 0) is 13.3 Å². The highest BCUT2D eigenvalue weighted by Gasteiger charge is 2.32. The van der Waals surface area contributed by atoms with E-state index >= 15 is 0 Å². The zero-order chi connectivity index (χ0) is 8.43. The van der Waals surface area contributed by atoms with Crippen LogP contribution in [-0.2, 0) is 14.3 Å². The Balaban J connectivity index is 2.43. The normalized spacial score (nSPS) is 24.3. The summed E-state index contributed by atoms with van der Waals surface area (Å²) in [4.78, 5) is 21.1. The van der Waals surface area contributed by atoms with Gasteiger partial charge >= 0.3 is 5.97 Å². The maximum absolute atomic E-state index is 10.7. The van der Waals surface area contributed by atoms with Crippen molar-refractivity contribution in [1.82, 2.24) is 0 Å². The molecule has 2 unspecified atom stereocenters. The van der Waals surface area contributed by atoms with Crippen LogP contribution in [0.2, 0.25) is 0 Å². The van der Waals surface area contributed by atoms with Gasteiger partial charge < -0.3 is 9.84 Å². The van der Waals surface area contributed by atoms with Crippen molar-refractivity contribution in [2.75, 3.05) is 6.61 Å². The molecule has 1 heterocycles. The zero-order valence-electron chi connectivity index (χ0n) is 6.24. The lowest BCUT2D eigenvalue weighted by atomic mass is 10.00. The van der Waals surface area contributed by atoms with Gasteiger partial charge in [-0.25, -0.2) is 0 Å². The molecule has 0 aliphatic carbocycles. The van der Waals surface area contributed by atoms with Crippen molar-refractivity contribution < 1.29 is 19.4 Å². The summed E-state index contributed by atoms with van der Waals surface area (Å²) in [5.74, 6) is -2.22. The quantitative estimate of drug-likeness (QED) is 0.464. The number of ketones is 1. The molecule has 0 bridgehead atoms. The van der Waals surface area contributed by atoms with E-state index in [1.807, 2.05) is 0 Å². The lowest BCUT2D eigenvalue weighted by Crippen LogP contribution is -2.23. The molecule has 2 atom stereocenters. The first-order chi connectivity index (χ1) is 5.11. The second kappa shape index (κ2) is 3.00. The number of carbonyl (C=O) groups is 2. The number of Topliss-reactive ketones (excluding diaryl/α,β-unsaturated/α-hetero) is 1. The molecule has 0 saturated carbocycles. The predicted molar refractivity (Wildman–Crippen MR) is 36.2 cm³/mol. The molecule has 1 fully saturated rings. The van der Waals surface area contributed by atoms with E-state index in [2.05, 4.69) is 0 Å². The molecule has 0 spiro atoms. The molecule has 11 heavy (non-hydrogen) atoms. The highest BCUT2D eigenvalue weighted by molar-refractivity contribution is 5.96. The minimum Gasteiger partial charge on any atom is -0.481 e. The molecule has 0 aromatic carbocycles. The summed E-state index contributed by atoms with van der Waals surface area (Å²) in [5.41, 5.74) is 0. The summed E-state index contributed by atoms with van der Waals surface area (Å²) in [7, 11) is 0. The van der Waals surface area contributed by atoms with Crippen LogP contribution in [0.25, 0.3) is 0 Å². The minimum atomic E-state index is -1.05. The monoisotopic (exact) mass is 158 g/mol. The molecule has 1 rings (SSSR count). The van der Waals surface area contributed by atoms with E-state index in [4.69, 9.17) is 9.84 Å². The van der Waals surface area contributed by atoms with Crippen LogP contribution < -0.4 is 0 Å². The summed E-state index contributed by atoms with van der Waals surface area (Å²) in [6.45, 7) is 1.89. The van der Waals surface area contributed by atoms with Crippen LogP contribution in [0.3, 0.4) is 0 Å². The highest BCUT2D eigenvalue weighted by Crippen LogP contribution is 2.20. The zero-order valence-corrected chi connectivity index (χ0v) is 6.24. The standard InChI is InChI=1S/C7H10O4/c1-4(8)6(7(9)10)2-5-3-11-5/h5-6H,2-3H2,1H3,(H,9,10). The number of epoxide rings is 1. The molecule has 0 aromatic rings. The van der Waals surface area contributed by atoms with Gasteiger partial charge in [0.1, 0.15) is 11.7 Å². The van der Waals surface area contributed by atoms with E-state index < -0.39 is 11.9 Å². The Hall–Kier alpha value is -0.900. The smallest absolute Gasteiger partial charge is 0.314 e. The highest BCUT2D eigenvalue weighted by atomic mass is 16.6. The van der Waals surface area contributed by atoms with Crippen LogP contribution in [0.15, 0.2) is 0 Å². The van der Waals surface area contributed by atoms with Gasteiger partial charge in [-0.2, -0.15) is 0 Å². The maximum Gasteiger partial charge on any atom is 0.314 e. The van der Waals surface area contributed by atoms with Crippen LogP contribution >= 0.6 is 0 Å². The number of rotatable bonds is 4. The number of hydrogen-bond acceptors (Lipinski definition) is 3. The van der Waals surface area contributed by atoms with Gasteiger partial charge in [0.15, 0.2) is 0 Å². The fourth-order valence-corrected chi connectivity index (χ4v) is 0.908. The largest absolute Gasteiger partial charge is 0.481 e. The topological polar surface area (TPSA) is 66.9 Å². The lowest BCUT2D eigenvalue weighted by Gasteiger charge is -2.04. The molecule has 0 amide bonds. The van der Waals surface area contributed by atoms with E-state index in [1.54, 1.807) is 0 Å². The van der Waals surface area contributed by atoms with Gasteiger partial charge in [0.05, 0.1) is 12.7 Å². The predicted octanol–water partition coefficient (Wildman–Crippen LogP) is 0.0651. The van der Waals surface area contributed by atoms with Gasteiger partial charge in [0, 0.05) is 0 Å². The first-order valence-electron chi connectivity index (χ1n) is 3.46. The van der Waals surface area contributed by atoms with Crippen molar-refractivity contribution in [2.24, 2.45) is 5.92 Å². The Bertz CT molecular complexity index is 169. The SMILES string of the molecule is CC(=O)C(CC1CO1)C(=O)O. The Morgan fingerprint density at radius 3 is 2.55 bits per heavy atom. The maximum atomic E-state index is 10.7. The number of aliphatic carboxylic acids is 1. The van der Waals surface area contributed by atoms with Crippen LogP contribution in [0.5, 0.6) is 0 Å². The molecule has 1 N–H and O–H groups in total.